The Labute approximate surface area is 223 Å². The number of anilines is 1. The Hall–Kier alpha value is -3.85. The minimum absolute atomic E-state index is 0.142. The minimum Gasteiger partial charge on any atom is -0.383 e. The third-order valence-corrected chi connectivity index (χ3v) is 6.49. The first kappa shape index (κ1) is 26.2. The van der Waals surface area contributed by atoms with Gasteiger partial charge in [0.25, 0.3) is 5.91 Å². The van der Waals surface area contributed by atoms with E-state index in [0.29, 0.717) is 28.5 Å². The van der Waals surface area contributed by atoms with E-state index in [2.05, 4.69) is 65.4 Å². The van der Waals surface area contributed by atoms with Gasteiger partial charge in [0.1, 0.15) is 5.82 Å². The summed E-state index contributed by atoms with van der Waals surface area (Å²) in [6.45, 7) is 3.50. The van der Waals surface area contributed by atoms with E-state index in [1.165, 1.54) is 5.56 Å². The zero-order valence-electron chi connectivity index (χ0n) is 21.4. The van der Waals surface area contributed by atoms with Crippen molar-refractivity contribution < 1.29 is 4.79 Å². The number of nitrogens with two attached hydrogens (primary N) is 1. The number of benzene rings is 3. The second-order valence-corrected chi connectivity index (χ2v) is 9.87. The zero-order valence-corrected chi connectivity index (χ0v) is 22.2. The number of pyridine rings is 1. The van der Waals surface area contributed by atoms with Crippen LogP contribution in [0, 0.1) is 18.8 Å². The summed E-state index contributed by atoms with van der Waals surface area (Å²) >= 11 is 6.20. The van der Waals surface area contributed by atoms with Gasteiger partial charge < -0.3 is 16.0 Å². The van der Waals surface area contributed by atoms with E-state index in [0.717, 1.165) is 46.8 Å². The van der Waals surface area contributed by atoms with Crippen LogP contribution in [0.25, 0.3) is 10.8 Å². The number of hydrogen-bond acceptors (Lipinski definition) is 4. The molecule has 188 valence electrons. The molecule has 1 aromatic heterocycles. The van der Waals surface area contributed by atoms with Crippen molar-refractivity contribution in [3.05, 3.63) is 105 Å². The average Bonchev–Trinajstić information content (AvgIpc) is 2.88. The molecule has 0 fully saturated rings. The summed E-state index contributed by atoms with van der Waals surface area (Å²) in [5.74, 6) is 6.55. The number of nitrogens with one attached hydrogen (secondary N) is 1. The molecule has 0 aliphatic carbocycles. The maximum Gasteiger partial charge on any atom is 0.251 e. The molecule has 3 aromatic carbocycles. The topological polar surface area (TPSA) is 71.2 Å². The van der Waals surface area contributed by atoms with Crippen LogP contribution in [0.4, 0.5) is 5.82 Å². The Morgan fingerprint density at radius 3 is 2.54 bits per heavy atom. The van der Waals surface area contributed by atoms with E-state index < -0.39 is 0 Å². The highest BCUT2D eigenvalue weighted by Crippen LogP contribution is 2.25. The lowest BCUT2D eigenvalue weighted by atomic mass is 10.0. The number of carbonyl (C=O) groups excluding carboxylic acids is 1. The van der Waals surface area contributed by atoms with Crippen LogP contribution in [0.15, 0.2) is 66.9 Å². The van der Waals surface area contributed by atoms with Crippen LogP contribution in [0.2, 0.25) is 5.02 Å². The molecular formula is C31H31ClN4O. The van der Waals surface area contributed by atoms with Gasteiger partial charge in [0.15, 0.2) is 0 Å². The van der Waals surface area contributed by atoms with E-state index in [1.807, 2.05) is 43.3 Å². The first-order valence-electron chi connectivity index (χ1n) is 12.3. The van der Waals surface area contributed by atoms with Gasteiger partial charge in [-0.15, -0.1) is 0 Å². The highest BCUT2D eigenvalue weighted by molar-refractivity contribution is 6.31. The first-order chi connectivity index (χ1) is 17.8. The summed E-state index contributed by atoms with van der Waals surface area (Å²) in [5, 5.41) is 5.38. The van der Waals surface area contributed by atoms with Crippen LogP contribution in [0.1, 0.15) is 44.6 Å². The number of hydrogen-bond donors (Lipinski definition) is 2. The molecule has 0 spiro atoms. The van der Waals surface area contributed by atoms with Crippen molar-refractivity contribution in [1.29, 1.82) is 0 Å². The van der Waals surface area contributed by atoms with Crippen LogP contribution in [-0.2, 0) is 13.0 Å². The van der Waals surface area contributed by atoms with Gasteiger partial charge in [0, 0.05) is 39.7 Å². The third kappa shape index (κ3) is 6.89. The van der Waals surface area contributed by atoms with E-state index in [1.54, 1.807) is 6.20 Å². The second-order valence-electron chi connectivity index (χ2n) is 9.44. The Balaban J connectivity index is 1.46. The maximum atomic E-state index is 12.9. The predicted molar refractivity (Wildman–Crippen MR) is 153 cm³/mol. The third-order valence-electron chi connectivity index (χ3n) is 6.25. The molecule has 1 amide bonds. The smallest absolute Gasteiger partial charge is 0.251 e. The van der Waals surface area contributed by atoms with Gasteiger partial charge in [-0.05, 0) is 81.4 Å². The van der Waals surface area contributed by atoms with Crippen LogP contribution in [0.3, 0.4) is 0 Å². The van der Waals surface area contributed by atoms with Crippen molar-refractivity contribution in [2.45, 2.75) is 26.3 Å². The van der Waals surface area contributed by atoms with Crippen molar-refractivity contribution in [1.82, 2.24) is 15.2 Å². The summed E-state index contributed by atoms with van der Waals surface area (Å²) in [6.07, 6.45) is 3.88. The lowest BCUT2D eigenvalue weighted by Crippen LogP contribution is -2.22. The normalized spacial score (nSPS) is 10.8. The van der Waals surface area contributed by atoms with Crippen molar-refractivity contribution in [2.24, 2.45) is 0 Å². The molecule has 5 nitrogen and oxygen atoms in total. The average molecular weight is 511 g/mol. The van der Waals surface area contributed by atoms with Gasteiger partial charge in [0.2, 0.25) is 0 Å². The molecule has 0 radical (unpaired) electrons. The Morgan fingerprint density at radius 1 is 1.03 bits per heavy atom. The largest absolute Gasteiger partial charge is 0.383 e. The Morgan fingerprint density at radius 2 is 1.78 bits per heavy atom. The molecule has 0 saturated carbocycles. The number of halogens is 1. The monoisotopic (exact) mass is 510 g/mol. The highest BCUT2D eigenvalue weighted by Gasteiger charge is 2.09. The summed E-state index contributed by atoms with van der Waals surface area (Å²) in [5.41, 5.74) is 11.4. The SMILES string of the molecule is Cc1ccc(C(=O)NCc2ccc(CCCN(C)C)cc2)cc1C#Cc1c(N)ncc2ccc(Cl)cc12. The van der Waals surface area contributed by atoms with Crippen molar-refractivity contribution >= 4 is 34.1 Å². The second kappa shape index (κ2) is 11.9. The van der Waals surface area contributed by atoms with Crippen LogP contribution >= 0.6 is 11.6 Å². The molecule has 0 unspecified atom stereocenters. The fourth-order valence-electron chi connectivity index (χ4n) is 4.07. The molecule has 0 saturated heterocycles. The number of nitrogens with zero attached hydrogens (tertiary/aromatic N) is 2. The summed E-state index contributed by atoms with van der Waals surface area (Å²) in [4.78, 5) is 19.3. The van der Waals surface area contributed by atoms with E-state index >= 15 is 0 Å². The zero-order chi connectivity index (χ0) is 26.4. The summed E-state index contributed by atoms with van der Waals surface area (Å²) in [7, 11) is 4.17. The molecule has 1 heterocycles. The van der Waals surface area contributed by atoms with E-state index in [-0.39, 0.29) is 5.91 Å². The molecule has 6 heteroatoms. The number of aromatic nitrogens is 1. The number of rotatable bonds is 7. The van der Waals surface area contributed by atoms with Gasteiger partial charge in [-0.25, -0.2) is 4.98 Å². The number of aryl methyl sites for hydroxylation is 2. The van der Waals surface area contributed by atoms with Gasteiger partial charge >= 0.3 is 0 Å². The lowest BCUT2D eigenvalue weighted by molar-refractivity contribution is 0.0951. The quantitative estimate of drug-likeness (QED) is 0.317. The maximum absolute atomic E-state index is 12.9. The van der Waals surface area contributed by atoms with Crippen molar-refractivity contribution in [2.75, 3.05) is 26.4 Å². The van der Waals surface area contributed by atoms with Crippen LogP contribution in [0.5, 0.6) is 0 Å². The van der Waals surface area contributed by atoms with Gasteiger partial charge in [0.05, 0.1) is 5.56 Å². The molecule has 4 aromatic rings. The summed E-state index contributed by atoms with van der Waals surface area (Å²) in [6, 6.07) is 19.5. The van der Waals surface area contributed by atoms with Gasteiger partial charge in [-0.1, -0.05) is 59.8 Å². The van der Waals surface area contributed by atoms with E-state index in [9.17, 15) is 4.79 Å². The van der Waals surface area contributed by atoms with Crippen LogP contribution < -0.4 is 11.1 Å². The molecule has 3 N–H and O–H groups in total. The van der Waals surface area contributed by atoms with Crippen molar-refractivity contribution in [3.8, 4) is 11.8 Å². The minimum atomic E-state index is -0.142. The van der Waals surface area contributed by atoms with Crippen molar-refractivity contribution in [3.63, 3.8) is 0 Å². The van der Waals surface area contributed by atoms with Crippen LogP contribution in [-0.4, -0.2) is 36.4 Å². The highest BCUT2D eigenvalue weighted by atomic mass is 35.5. The molecule has 0 aliphatic rings. The number of amides is 1. The van der Waals surface area contributed by atoms with Gasteiger partial charge in [-0.2, -0.15) is 0 Å². The molecule has 0 atom stereocenters. The molecule has 4 rings (SSSR count). The summed E-state index contributed by atoms with van der Waals surface area (Å²) < 4.78 is 0. The molecular weight excluding hydrogens is 480 g/mol. The molecule has 37 heavy (non-hydrogen) atoms. The van der Waals surface area contributed by atoms with Gasteiger partial charge in [-0.3, -0.25) is 4.79 Å². The molecule has 0 aliphatic heterocycles. The number of carbonyl (C=O) groups is 1. The Kier molecular flexibility index (Phi) is 8.45. The fraction of sp³-hybridized carbons (Fsp3) is 0.226. The fourth-order valence-corrected chi connectivity index (χ4v) is 4.24. The number of fused-ring (bicyclic) bond motifs is 1. The Bertz CT molecular complexity index is 1480. The first-order valence-corrected chi connectivity index (χ1v) is 12.6. The molecule has 0 bridgehead atoms. The lowest BCUT2D eigenvalue weighted by Gasteiger charge is -2.10. The van der Waals surface area contributed by atoms with E-state index in [4.69, 9.17) is 17.3 Å². The number of nitrogen functional groups attached to an aromatic ring is 1. The predicted octanol–water partition coefficient (Wildman–Crippen LogP) is 5.60. The standard InChI is InChI=1S/C31H31ClN4O/c1-21-6-11-25(31(37)35-19-23-9-7-22(8-10-23)5-4-16-36(2)3)17-24(21)13-15-28-29-18-27(32)14-12-26(29)20-34-30(28)33/h6-12,14,17-18,20H,4-5,16,19H2,1-3H3,(H2,33,34)(H,35,37).